The summed E-state index contributed by atoms with van der Waals surface area (Å²) in [6.45, 7) is 1.14. The minimum atomic E-state index is -4.78. The smallest absolute Gasteiger partial charge is 0.389 e. The first-order chi connectivity index (χ1) is 17.0. The number of ether oxygens (including phenoxy) is 2. The average Bonchev–Trinajstić information content (AvgIpc) is 3.60. The number of pyridine rings is 1. The van der Waals surface area contributed by atoms with Gasteiger partial charge in [-0.25, -0.2) is 18.1 Å². The molecule has 1 saturated carbocycles. The second-order valence-corrected chi connectivity index (χ2v) is 10.9. The lowest BCUT2D eigenvalue weighted by molar-refractivity contribution is -0.138. The largest absolute Gasteiger partial charge is 0.417 e. The minimum Gasteiger partial charge on any atom is -0.389 e. The van der Waals surface area contributed by atoms with E-state index in [0.29, 0.717) is 51.3 Å². The van der Waals surface area contributed by atoms with Gasteiger partial charge in [-0.2, -0.15) is 13.2 Å². The Balaban J connectivity index is 1.47. The highest BCUT2D eigenvalue weighted by Crippen LogP contribution is 2.45. The molecule has 1 aromatic carbocycles. The van der Waals surface area contributed by atoms with Crippen molar-refractivity contribution >= 4 is 27.4 Å². The van der Waals surface area contributed by atoms with Crippen LogP contribution >= 0.6 is 11.6 Å². The van der Waals surface area contributed by atoms with Crippen molar-refractivity contribution in [1.82, 2.24) is 9.71 Å². The third-order valence-electron chi connectivity index (χ3n) is 5.50. The lowest BCUT2D eigenvalue weighted by Crippen LogP contribution is -2.32. The molecule has 0 radical (unpaired) electrons. The Labute approximate surface area is 213 Å². The molecule has 1 heterocycles. The number of hydrogen-bond acceptors (Lipinski definition) is 7. The molecule has 0 bridgehead atoms. The molecule has 1 aromatic heterocycles. The number of nitrogens with zero attached hydrogens (tertiary/aromatic N) is 1. The fourth-order valence-electron chi connectivity index (χ4n) is 3.21. The number of alkyl halides is 4. The first-order valence-corrected chi connectivity index (χ1v) is 13.2. The molecule has 36 heavy (non-hydrogen) atoms. The fourth-order valence-corrected chi connectivity index (χ4v) is 4.61. The highest BCUT2D eigenvalue weighted by Gasteiger charge is 2.47. The van der Waals surface area contributed by atoms with Crippen LogP contribution in [-0.2, 0) is 32.3 Å². The maximum atomic E-state index is 13.2. The van der Waals surface area contributed by atoms with Gasteiger partial charge in [0.1, 0.15) is 10.7 Å². The highest BCUT2D eigenvalue weighted by molar-refractivity contribution is 7.89. The summed E-state index contributed by atoms with van der Waals surface area (Å²) in [7, 11) is -4.34. The van der Waals surface area contributed by atoms with E-state index < -0.39 is 37.6 Å². The molecular formula is C23H29ClF3N3O5S. The molecule has 1 aliphatic rings. The molecule has 0 amide bonds. The van der Waals surface area contributed by atoms with E-state index in [9.17, 15) is 26.7 Å². The van der Waals surface area contributed by atoms with E-state index in [1.54, 1.807) is 0 Å². The van der Waals surface area contributed by atoms with E-state index in [4.69, 9.17) is 21.1 Å². The van der Waals surface area contributed by atoms with E-state index in [1.807, 2.05) is 30.3 Å². The van der Waals surface area contributed by atoms with E-state index in [2.05, 4.69) is 15.0 Å². The van der Waals surface area contributed by atoms with Gasteiger partial charge in [0.25, 0.3) is 0 Å². The number of sulfonamides is 1. The molecule has 1 fully saturated rings. The minimum absolute atomic E-state index is 0.0592. The van der Waals surface area contributed by atoms with Crippen molar-refractivity contribution < 1.29 is 36.2 Å². The van der Waals surface area contributed by atoms with Crippen LogP contribution in [0.5, 0.6) is 0 Å². The van der Waals surface area contributed by atoms with Crippen LogP contribution in [0.25, 0.3) is 0 Å². The zero-order valence-corrected chi connectivity index (χ0v) is 21.0. The van der Waals surface area contributed by atoms with Gasteiger partial charge in [0.2, 0.25) is 10.0 Å². The van der Waals surface area contributed by atoms with Gasteiger partial charge in [0, 0.05) is 25.9 Å². The molecule has 2 aromatic rings. The van der Waals surface area contributed by atoms with Crippen molar-refractivity contribution in [1.29, 1.82) is 0 Å². The van der Waals surface area contributed by atoms with Gasteiger partial charge >= 0.3 is 6.18 Å². The number of aliphatic hydroxyl groups excluding tert-OH is 1. The van der Waals surface area contributed by atoms with Crippen molar-refractivity contribution in [3.8, 4) is 0 Å². The Morgan fingerprint density at radius 1 is 1.14 bits per heavy atom. The summed E-state index contributed by atoms with van der Waals surface area (Å²) in [6.07, 6.45) is -3.78. The first-order valence-electron chi connectivity index (χ1n) is 11.4. The molecule has 1 aliphatic carbocycles. The van der Waals surface area contributed by atoms with Crippen LogP contribution in [0.3, 0.4) is 0 Å². The monoisotopic (exact) mass is 551 g/mol. The van der Waals surface area contributed by atoms with Gasteiger partial charge in [0.15, 0.2) is 0 Å². The van der Waals surface area contributed by atoms with Crippen LogP contribution in [0.2, 0.25) is 0 Å². The second kappa shape index (κ2) is 12.5. The number of anilines is 1. The van der Waals surface area contributed by atoms with E-state index >= 15 is 0 Å². The van der Waals surface area contributed by atoms with Crippen LogP contribution in [0.15, 0.2) is 47.5 Å². The molecule has 0 spiro atoms. The van der Waals surface area contributed by atoms with Gasteiger partial charge < -0.3 is 19.9 Å². The zero-order valence-electron chi connectivity index (χ0n) is 19.4. The quantitative estimate of drug-likeness (QED) is 0.229. The summed E-state index contributed by atoms with van der Waals surface area (Å²) in [5.41, 5.74) is -0.169. The third-order valence-corrected chi connectivity index (χ3v) is 7.60. The Kier molecular flexibility index (Phi) is 9.95. The molecule has 200 valence electrons. The standard InChI is InChI=1S/C23H29ClF3N3O5S/c24-22(7-8-22)20(31)15-29-21-19(13-18(14-28-21)23(25,26)27)36(32,33)30-9-4-10-34-11-12-35-16-17-5-2-1-3-6-17/h1-3,5-6,13-14,20,30-31H,4,7-12,15-16H2,(H,28,29). The molecule has 3 rings (SSSR count). The number of nitrogens with one attached hydrogen (secondary N) is 2. The summed E-state index contributed by atoms with van der Waals surface area (Å²) in [4.78, 5) is 2.18. The van der Waals surface area contributed by atoms with Crippen LogP contribution in [0.1, 0.15) is 30.4 Å². The summed E-state index contributed by atoms with van der Waals surface area (Å²) >= 11 is 6.13. The van der Waals surface area contributed by atoms with Crippen LogP contribution in [0.4, 0.5) is 19.0 Å². The molecule has 13 heteroatoms. The van der Waals surface area contributed by atoms with Crippen molar-refractivity contribution in [2.45, 2.75) is 47.9 Å². The Morgan fingerprint density at radius 2 is 1.83 bits per heavy atom. The van der Waals surface area contributed by atoms with Gasteiger partial charge in [-0.3, -0.25) is 0 Å². The maximum absolute atomic E-state index is 13.2. The van der Waals surface area contributed by atoms with E-state index in [-0.39, 0.29) is 25.5 Å². The number of aromatic nitrogens is 1. The van der Waals surface area contributed by atoms with E-state index in [1.165, 1.54) is 0 Å². The predicted octanol–water partition coefficient (Wildman–Crippen LogP) is 3.55. The summed E-state index contributed by atoms with van der Waals surface area (Å²) < 4.78 is 78.3. The van der Waals surface area contributed by atoms with Crippen LogP contribution in [-0.4, -0.2) is 62.4 Å². The number of benzene rings is 1. The van der Waals surface area contributed by atoms with Gasteiger partial charge in [-0.05, 0) is 30.9 Å². The zero-order chi connectivity index (χ0) is 26.2. The van der Waals surface area contributed by atoms with Crippen LogP contribution < -0.4 is 10.0 Å². The van der Waals surface area contributed by atoms with Crippen molar-refractivity contribution in [2.24, 2.45) is 0 Å². The van der Waals surface area contributed by atoms with Crippen molar-refractivity contribution in [3.63, 3.8) is 0 Å². The van der Waals surface area contributed by atoms with Gasteiger partial charge in [-0.1, -0.05) is 30.3 Å². The molecule has 0 aliphatic heterocycles. The van der Waals surface area contributed by atoms with Crippen molar-refractivity contribution in [3.05, 3.63) is 53.7 Å². The van der Waals surface area contributed by atoms with Crippen molar-refractivity contribution in [2.75, 3.05) is 38.2 Å². The summed E-state index contributed by atoms with van der Waals surface area (Å²) in [6, 6.07) is 10.1. The third kappa shape index (κ3) is 8.56. The molecular weight excluding hydrogens is 523 g/mol. The van der Waals surface area contributed by atoms with Gasteiger partial charge in [-0.15, -0.1) is 11.6 Å². The molecule has 1 unspecified atom stereocenters. The molecule has 0 saturated heterocycles. The number of aliphatic hydroxyl groups is 1. The topological polar surface area (TPSA) is 110 Å². The van der Waals surface area contributed by atoms with Crippen LogP contribution in [0, 0.1) is 0 Å². The maximum Gasteiger partial charge on any atom is 0.417 e. The Morgan fingerprint density at radius 3 is 2.50 bits per heavy atom. The van der Waals surface area contributed by atoms with Gasteiger partial charge in [0.05, 0.1) is 36.4 Å². The second-order valence-electron chi connectivity index (χ2n) is 8.40. The lowest BCUT2D eigenvalue weighted by atomic mass is 10.2. The summed E-state index contributed by atoms with van der Waals surface area (Å²) in [5, 5.41) is 12.7. The highest BCUT2D eigenvalue weighted by atomic mass is 35.5. The van der Waals surface area contributed by atoms with E-state index in [0.717, 1.165) is 5.56 Å². The molecule has 1 atom stereocenters. The number of halogens is 4. The SMILES string of the molecule is O=S(=O)(NCCCOCCOCc1ccccc1)c1cc(C(F)(F)F)cnc1NCC(O)C1(Cl)CC1. The first kappa shape index (κ1) is 28.6. The lowest BCUT2D eigenvalue weighted by Gasteiger charge is -2.19. The Hall–Kier alpha value is -1.96. The fraction of sp³-hybridized carbons (Fsp3) is 0.522. The number of rotatable bonds is 15. The average molecular weight is 552 g/mol. The number of hydrogen-bond donors (Lipinski definition) is 3. The molecule has 3 N–H and O–H groups in total. The Bertz CT molecular complexity index is 1090. The summed E-state index contributed by atoms with van der Waals surface area (Å²) in [5.74, 6) is -0.303. The molecule has 8 nitrogen and oxygen atoms in total. The normalized spacial score (nSPS) is 16.0. The predicted molar refractivity (Wildman–Crippen MR) is 128 cm³/mol.